The predicted octanol–water partition coefficient (Wildman–Crippen LogP) is 2.38. The molecule has 0 aromatic heterocycles. The Morgan fingerprint density at radius 2 is 2.26 bits per heavy atom. The van der Waals surface area contributed by atoms with E-state index >= 15 is 0 Å². The summed E-state index contributed by atoms with van der Waals surface area (Å²) in [6.45, 7) is 15.2. The molecule has 1 unspecified atom stereocenters. The summed E-state index contributed by atoms with van der Waals surface area (Å²) in [6.07, 6.45) is 0.682. The number of nitrogens with zero attached hydrogens (tertiary/aromatic N) is 1. The average molecular weight is 510 g/mol. The smallest absolute Gasteiger partial charge is 0.238 e. The first-order valence-electron chi connectivity index (χ1n) is 6.17. The maximum atomic E-state index is 6.70. The van der Waals surface area contributed by atoms with Gasteiger partial charge < -0.3 is 23.4 Å². The first-order chi connectivity index (χ1) is 8.64. The van der Waals surface area contributed by atoms with Gasteiger partial charge in [0.05, 0.1) is 17.8 Å². The van der Waals surface area contributed by atoms with Gasteiger partial charge in [0.1, 0.15) is 6.61 Å². The van der Waals surface area contributed by atoms with E-state index in [9.17, 15) is 0 Å². The fraction of sp³-hybridized carbons (Fsp3) is 0.833. The number of fused-ring (bicyclic) bond motifs is 2. The van der Waals surface area contributed by atoms with Crippen molar-refractivity contribution in [1.82, 2.24) is 0 Å². The van der Waals surface area contributed by atoms with E-state index in [0.717, 1.165) is 6.42 Å². The summed E-state index contributed by atoms with van der Waals surface area (Å²) >= 11 is 0. The van der Waals surface area contributed by atoms with E-state index in [1.165, 1.54) is 0 Å². The minimum Gasteiger partial charge on any atom is -0.541 e. The van der Waals surface area contributed by atoms with Crippen molar-refractivity contribution in [1.29, 1.82) is 0 Å². The topological polar surface area (TPSA) is 41.3 Å². The molecule has 0 aromatic carbocycles. The Balaban J connectivity index is 0.00000180. The number of hydrogen-bond acceptors (Lipinski definition) is 4. The van der Waals surface area contributed by atoms with Gasteiger partial charge in [-0.1, -0.05) is 6.92 Å². The minimum atomic E-state index is -0.996. The van der Waals surface area contributed by atoms with Gasteiger partial charge >= 0.3 is 0 Å². The third-order valence-corrected chi connectivity index (χ3v) is 4.61. The van der Waals surface area contributed by atoms with Crippen molar-refractivity contribution in [3.63, 3.8) is 0 Å². The van der Waals surface area contributed by atoms with Crippen LogP contribution in [-0.2, 0) is 18.5 Å². The molecule has 106 valence electrons. The van der Waals surface area contributed by atoms with Gasteiger partial charge in [-0.3, -0.25) is 0 Å². The summed E-state index contributed by atoms with van der Waals surface area (Å²) in [6, 6.07) is 0. The molecule has 2 saturated heterocycles. The van der Waals surface area contributed by atoms with Crippen LogP contribution >= 0.6 is 8.38 Å². The Labute approximate surface area is 139 Å². The van der Waals surface area contributed by atoms with Crippen LogP contribution in [0.5, 0.6) is 0 Å². The normalized spacial score (nSPS) is 37.7. The fourth-order valence-electron chi connectivity index (χ4n) is 2.52. The summed E-state index contributed by atoms with van der Waals surface area (Å²) in [4.78, 5) is 3.25. The third kappa shape index (κ3) is 3.53. The maximum absolute atomic E-state index is 6.70. The molecule has 5 nitrogen and oxygen atoms in total. The molecule has 5 atom stereocenters. The summed E-state index contributed by atoms with van der Waals surface area (Å²) in [7, 11) is -0.996. The minimum absolute atomic E-state index is 0. The van der Waals surface area contributed by atoms with Crippen LogP contribution in [0.4, 0.5) is 0 Å². The summed E-state index contributed by atoms with van der Waals surface area (Å²) < 4.78 is 23.0. The Morgan fingerprint density at radius 3 is 2.84 bits per heavy atom. The molecular formula is C12H19NO4PU-. The van der Waals surface area contributed by atoms with E-state index in [2.05, 4.69) is 11.8 Å². The molecule has 7 heteroatoms. The van der Waals surface area contributed by atoms with Gasteiger partial charge in [-0.25, -0.2) is 6.57 Å². The molecule has 19 heavy (non-hydrogen) atoms. The van der Waals surface area contributed by atoms with Gasteiger partial charge in [0.2, 0.25) is 6.54 Å². The molecule has 2 bridgehead atoms. The molecule has 0 aromatic rings. The predicted molar refractivity (Wildman–Crippen MR) is 67.9 cm³/mol. The quantitative estimate of drug-likeness (QED) is 0.313. The Kier molecular flexibility index (Phi) is 7.25. The van der Waals surface area contributed by atoms with E-state index in [1.54, 1.807) is 6.61 Å². The Bertz CT molecular complexity index is 340. The zero-order chi connectivity index (χ0) is 13.2. The molecule has 0 saturated carbocycles. The van der Waals surface area contributed by atoms with E-state index in [-0.39, 0.29) is 55.0 Å². The maximum Gasteiger partial charge on any atom is 0.238 e. The monoisotopic (exact) mass is 510 g/mol. The van der Waals surface area contributed by atoms with Crippen LogP contribution in [0.2, 0.25) is 0 Å². The molecule has 0 N–H and O–H groups in total. The molecule has 2 fully saturated rings. The van der Waals surface area contributed by atoms with E-state index in [0.29, 0.717) is 13.2 Å². The van der Waals surface area contributed by atoms with E-state index in [4.69, 9.17) is 25.1 Å². The summed E-state index contributed by atoms with van der Waals surface area (Å²) in [5.74, 6) is 0. The molecule has 0 radical (unpaired) electrons. The van der Waals surface area contributed by atoms with Crippen molar-refractivity contribution in [2.45, 2.75) is 44.2 Å². The molecule has 2 aliphatic heterocycles. The Morgan fingerprint density at radius 1 is 1.53 bits per heavy atom. The van der Waals surface area contributed by atoms with Gasteiger partial charge in [-0.2, -0.15) is 6.61 Å². The van der Waals surface area contributed by atoms with Crippen molar-refractivity contribution < 1.29 is 49.6 Å². The average Bonchev–Trinajstić information content (AvgIpc) is 2.81. The summed E-state index contributed by atoms with van der Waals surface area (Å²) in [5, 5.41) is 0. The number of rotatable bonds is 6. The van der Waals surface area contributed by atoms with Crippen LogP contribution in [0.3, 0.4) is 0 Å². The molecule has 2 aliphatic rings. The van der Waals surface area contributed by atoms with Crippen molar-refractivity contribution >= 4 is 8.38 Å². The SMILES string of the molecule is [C-]#[N+]CCOP(C)O[C@H]1[C@@H]2[CH-]O[C@@]1(CC)[C@H](C)O2.[U]. The summed E-state index contributed by atoms with van der Waals surface area (Å²) in [5.41, 5.74) is -0.371. The molecule has 0 spiro atoms. The van der Waals surface area contributed by atoms with Crippen LogP contribution in [0.1, 0.15) is 20.3 Å². The van der Waals surface area contributed by atoms with Gasteiger partial charge in [0.25, 0.3) is 0 Å². The van der Waals surface area contributed by atoms with Crippen LogP contribution in [0, 0.1) is 44.3 Å². The van der Waals surface area contributed by atoms with Gasteiger partial charge in [-0.05, 0) is 19.4 Å². The van der Waals surface area contributed by atoms with Crippen molar-refractivity contribution in [3.05, 3.63) is 18.0 Å². The van der Waals surface area contributed by atoms with Crippen molar-refractivity contribution in [3.8, 4) is 0 Å². The van der Waals surface area contributed by atoms with Crippen LogP contribution < -0.4 is 0 Å². The van der Waals surface area contributed by atoms with E-state index < -0.39 is 8.38 Å². The van der Waals surface area contributed by atoms with Crippen LogP contribution in [-0.4, -0.2) is 43.7 Å². The second-order valence-electron chi connectivity index (χ2n) is 4.49. The van der Waals surface area contributed by atoms with Crippen molar-refractivity contribution in [2.75, 3.05) is 19.8 Å². The fourth-order valence-corrected chi connectivity index (χ4v) is 3.54. The molecular weight excluding hydrogens is 491 g/mol. The van der Waals surface area contributed by atoms with Gasteiger partial charge in [0.15, 0.2) is 8.38 Å². The Hall–Kier alpha value is 0.812. The molecule has 2 rings (SSSR count). The van der Waals surface area contributed by atoms with E-state index in [1.807, 2.05) is 13.6 Å². The van der Waals surface area contributed by atoms with Crippen molar-refractivity contribution in [2.24, 2.45) is 0 Å². The first kappa shape index (κ1) is 17.9. The molecule has 2 heterocycles. The zero-order valence-corrected chi connectivity index (χ0v) is 16.5. The largest absolute Gasteiger partial charge is 0.541 e. The number of ether oxygens (including phenoxy) is 2. The van der Waals surface area contributed by atoms with Gasteiger partial charge in [-0.15, -0.1) is 0 Å². The van der Waals surface area contributed by atoms with Crippen LogP contribution in [0.15, 0.2) is 0 Å². The third-order valence-electron chi connectivity index (χ3n) is 3.54. The zero-order valence-electron chi connectivity index (χ0n) is 11.5. The molecule has 0 amide bonds. The number of hydrogen-bond donors (Lipinski definition) is 0. The molecule has 0 aliphatic carbocycles. The van der Waals surface area contributed by atoms with Crippen LogP contribution in [0.25, 0.3) is 4.85 Å². The standard InChI is InChI=1S/C12H19NO4P.U/c1-5-12-9(2)16-10(8-14-12)11(12)17-18(4)15-7-6-13-3;/h8-11H,5-7H2,1-2,4H3;/q-1;/t9-,10-,11-,12-,18?;/m0./s1. The van der Waals surface area contributed by atoms with Gasteiger partial charge in [0, 0.05) is 37.8 Å². The first-order valence-corrected chi connectivity index (χ1v) is 7.79. The second-order valence-corrected chi connectivity index (χ2v) is 5.83. The second kappa shape index (κ2) is 7.72.